The van der Waals surface area contributed by atoms with Crippen molar-refractivity contribution in [3.05, 3.63) is 29.1 Å². The van der Waals surface area contributed by atoms with Crippen molar-refractivity contribution in [3.63, 3.8) is 0 Å². The van der Waals surface area contributed by atoms with Gasteiger partial charge in [-0.1, -0.05) is 41.5 Å². The summed E-state index contributed by atoms with van der Waals surface area (Å²) >= 11 is 0. The molecular weight excluding hydrogens is 222 g/mol. The van der Waals surface area contributed by atoms with Gasteiger partial charge in [-0.15, -0.1) is 0 Å². The maximum absolute atomic E-state index is 12.4. The maximum Gasteiger partial charge on any atom is 0.168 e. The Labute approximate surface area is 111 Å². The van der Waals surface area contributed by atoms with Gasteiger partial charge in [0.15, 0.2) is 5.78 Å². The SMILES string of the molecule is Cc1c(C(=O)C(C)(C)C)ccnc1CC(C)(C)C. The van der Waals surface area contributed by atoms with Crippen LogP contribution in [0, 0.1) is 17.8 Å². The zero-order valence-corrected chi connectivity index (χ0v) is 12.7. The molecule has 1 aromatic rings. The van der Waals surface area contributed by atoms with Gasteiger partial charge in [0.1, 0.15) is 0 Å². The highest BCUT2D eigenvalue weighted by Gasteiger charge is 2.25. The Balaban J connectivity index is 3.18. The normalized spacial score (nSPS) is 12.6. The van der Waals surface area contributed by atoms with E-state index < -0.39 is 0 Å². The minimum absolute atomic E-state index is 0.182. The van der Waals surface area contributed by atoms with Crippen molar-refractivity contribution in [2.45, 2.75) is 54.9 Å². The van der Waals surface area contributed by atoms with Crippen LogP contribution >= 0.6 is 0 Å². The molecule has 0 aliphatic rings. The third kappa shape index (κ3) is 3.66. The van der Waals surface area contributed by atoms with Crippen molar-refractivity contribution in [2.75, 3.05) is 0 Å². The van der Waals surface area contributed by atoms with E-state index >= 15 is 0 Å². The number of aromatic nitrogens is 1. The van der Waals surface area contributed by atoms with E-state index in [0.29, 0.717) is 0 Å². The summed E-state index contributed by atoms with van der Waals surface area (Å²) in [5.74, 6) is 0.192. The van der Waals surface area contributed by atoms with Crippen molar-refractivity contribution in [1.82, 2.24) is 4.98 Å². The molecule has 0 aliphatic heterocycles. The van der Waals surface area contributed by atoms with Crippen molar-refractivity contribution >= 4 is 5.78 Å². The molecule has 0 N–H and O–H groups in total. The van der Waals surface area contributed by atoms with Gasteiger partial charge in [0.25, 0.3) is 0 Å². The molecule has 2 heteroatoms. The second-order valence-corrected chi connectivity index (χ2v) is 7.25. The molecule has 0 amide bonds. The van der Waals surface area contributed by atoms with Crippen LogP contribution in [-0.4, -0.2) is 10.8 Å². The van der Waals surface area contributed by atoms with E-state index in [9.17, 15) is 4.79 Å². The number of hydrogen-bond donors (Lipinski definition) is 0. The first-order valence-corrected chi connectivity index (χ1v) is 6.52. The predicted octanol–water partition coefficient (Wildman–Crippen LogP) is 4.21. The summed E-state index contributed by atoms with van der Waals surface area (Å²) < 4.78 is 0. The molecule has 0 unspecified atom stereocenters. The number of carbonyl (C=O) groups excluding carboxylic acids is 1. The molecular formula is C16H25NO. The average molecular weight is 247 g/mol. The quantitative estimate of drug-likeness (QED) is 0.733. The molecule has 0 bridgehead atoms. The Hall–Kier alpha value is -1.18. The first kappa shape index (κ1) is 14.9. The highest BCUT2D eigenvalue weighted by molar-refractivity contribution is 6.01. The van der Waals surface area contributed by atoms with Crippen LogP contribution in [0.5, 0.6) is 0 Å². The molecule has 0 atom stereocenters. The largest absolute Gasteiger partial charge is 0.294 e. The molecule has 0 saturated heterocycles. The lowest BCUT2D eigenvalue weighted by Gasteiger charge is -2.22. The van der Waals surface area contributed by atoms with Crippen LogP contribution in [0.2, 0.25) is 0 Å². The second-order valence-electron chi connectivity index (χ2n) is 7.25. The van der Waals surface area contributed by atoms with Gasteiger partial charge in [-0.05, 0) is 30.4 Å². The smallest absolute Gasteiger partial charge is 0.168 e. The third-order valence-electron chi connectivity index (χ3n) is 2.93. The van der Waals surface area contributed by atoms with Gasteiger partial charge >= 0.3 is 0 Å². The van der Waals surface area contributed by atoms with Crippen LogP contribution in [0.3, 0.4) is 0 Å². The predicted molar refractivity (Wildman–Crippen MR) is 75.9 cm³/mol. The number of ketones is 1. The second kappa shape index (κ2) is 4.83. The van der Waals surface area contributed by atoms with Gasteiger partial charge in [-0.3, -0.25) is 9.78 Å². The fourth-order valence-corrected chi connectivity index (χ4v) is 1.91. The van der Waals surface area contributed by atoms with E-state index in [2.05, 4.69) is 25.8 Å². The van der Waals surface area contributed by atoms with E-state index in [1.165, 1.54) is 0 Å². The number of hydrogen-bond acceptors (Lipinski definition) is 2. The van der Waals surface area contributed by atoms with Crippen LogP contribution in [0.15, 0.2) is 12.3 Å². The zero-order valence-electron chi connectivity index (χ0n) is 12.7. The Morgan fingerprint density at radius 1 is 1.17 bits per heavy atom. The highest BCUT2D eigenvalue weighted by Crippen LogP contribution is 2.27. The third-order valence-corrected chi connectivity index (χ3v) is 2.93. The highest BCUT2D eigenvalue weighted by atomic mass is 16.1. The van der Waals surface area contributed by atoms with Crippen LogP contribution in [0.1, 0.15) is 63.2 Å². The zero-order chi connectivity index (χ0) is 14.1. The van der Waals surface area contributed by atoms with Crippen molar-refractivity contribution < 1.29 is 4.79 Å². The summed E-state index contributed by atoms with van der Waals surface area (Å²) in [7, 11) is 0. The molecule has 0 saturated carbocycles. The van der Waals surface area contributed by atoms with Crippen molar-refractivity contribution in [2.24, 2.45) is 10.8 Å². The maximum atomic E-state index is 12.4. The summed E-state index contributed by atoms with van der Waals surface area (Å²) in [4.78, 5) is 16.8. The Morgan fingerprint density at radius 2 is 1.72 bits per heavy atom. The lowest BCUT2D eigenvalue weighted by Crippen LogP contribution is -2.22. The minimum atomic E-state index is -0.342. The van der Waals surface area contributed by atoms with Gasteiger partial charge in [-0.2, -0.15) is 0 Å². The minimum Gasteiger partial charge on any atom is -0.294 e. The van der Waals surface area contributed by atoms with E-state index in [1.54, 1.807) is 6.20 Å². The van der Waals surface area contributed by atoms with E-state index in [-0.39, 0.29) is 16.6 Å². The van der Waals surface area contributed by atoms with Gasteiger partial charge in [0.05, 0.1) is 0 Å². The van der Waals surface area contributed by atoms with Gasteiger partial charge in [0, 0.05) is 22.9 Å². The van der Waals surface area contributed by atoms with Gasteiger partial charge < -0.3 is 0 Å². The standard InChI is InChI=1S/C16H25NO/c1-11-12(14(18)16(5,6)7)8-9-17-13(11)10-15(2,3)4/h8-9H,10H2,1-7H3. The average Bonchev–Trinajstić information content (AvgIpc) is 2.17. The number of rotatable bonds is 2. The van der Waals surface area contributed by atoms with E-state index in [4.69, 9.17) is 0 Å². The lowest BCUT2D eigenvalue weighted by atomic mass is 9.83. The lowest BCUT2D eigenvalue weighted by molar-refractivity contribution is 0.0857. The Bertz CT molecular complexity index is 447. The van der Waals surface area contributed by atoms with Crippen LogP contribution in [-0.2, 0) is 6.42 Å². The van der Waals surface area contributed by atoms with E-state index in [1.807, 2.05) is 33.8 Å². The summed E-state index contributed by atoms with van der Waals surface area (Å²) in [6.45, 7) is 14.4. The van der Waals surface area contributed by atoms with Crippen molar-refractivity contribution in [3.8, 4) is 0 Å². The fourth-order valence-electron chi connectivity index (χ4n) is 1.91. The molecule has 2 nitrogen and oxygen atoms in total. The number of pyridine rings is 1. The van der Waals surface area contributed by atoms with E-state index in [0.717, 1.165) is 23.2 Å². The van der Waals surface area contributed by atoms with Crippen LogP contribution < -0.4 is 0 Å². The first-order chi connectivity index (χ1) is 8.02. The molecule has 0 aliphatic carbocycles. The summed E-state index contributed by atoms with van der Waals surface area (Å²) in [5, 5.41) is 0. The molecule has 0 fully saturated rings. The van der Waals surface area contributed by atoms with Crippen LogP contribution in [0.4, 0.5) is 0 Å². The number of nitrogens with zero attached hydrogens (tertiary/aromatic N) is 1. The summed E-state index contributed by atoms with van der Waals surface area (Å²) in [6, 6.07) is 1.84. The molecule has 0 spiro atoms. The molecule has 1 heterocycles. The molecule has 0 aromatic carbocycles. The Morgan fingerprint density at radius 3 is 2.17 bits per heavy atom. The number of Topliss-reactive ketones (excluding diaryl/α,β-unsaturated/α-hetero) is 1. The van der Waals surface area contributed by atoms with Crippen LogP contribution in [0.25, 0.3) is 0 Å². The molecule has 1 rings (SSSR count). The molecule has 100 valence electrons. The fraction of sp³-hybridized carbons (Fsp3) is 0.625. The Kier molecular flexibility index (Phi) is 3.99. The first-order valence-electron chi connectivity index (χ1n) is 6.52. The monoisotopic (exact) mass is 247 g/mol. The summed E-state index contributed by atoms with van der Waals surface area (Å²) in [5.41, 5.74) is 2.73. The topological polar surface area (TPSA) is 30.0 Å². The van der Waals surface area contributed by atoms with Gasteiger partial charge in [-0.25, -0.2) is 0 Å². The van der Waals surface area contributed by atoms with Gasteiger partial charge in [0.2, 0.25) is 0 Å². The van der Waals surface area contributed by atoms with Crippen molar-refractivity contribution in [1.29, 1.82) is 0 Å². The summed E-state index contributed by atoms with van der Waals surface area (Å²) in [6.07, 6.45) is 2.65. The molecule has 18 heavy (non-hydrogen) atoms. The molecule has 1 aromatic heterocycles. The molecule has 0 radical (unpaired) electrons. The number of carbonyl (C=O) groups is 1.